The first-order valence-corrected chi connectivity index (χ1v) is 13.0. The molecule has 0 heterocycles. The predicted octanol–water partition coefficient (Wildman–Crippen LogP) is 10.1. The van der Waals surface area contributed by atoms with Gasteiger partial charge in [0.1, 0.15) is 34.9 Å². The molecule has 0 N–H and O–H groups in total. The van der Waals surface area contributed by atoms with Gasteiger partial charge in [-0.15, -0.1) is 11.8 Å². The molecule has 4 aromatic carbocycles. The van der Waals surface area contributed by atoms with Gasteiger partial charge in [-0.2, -0.15) is 0 Å². The summed E-state index contributed by atoms with van der Waals surface area (Å²) < 4.78 is 84.2. The minimum Gasteiger partial charge on any atom is -0.207 e. The van der Waals surface area contributed by atoms with Crippen LogP contribution >= 0.6 is 11.8 Å². The second-order valence-electron chi connectivity index (χ2n) is 9.08. The Morgan fingerprint density at radius 2 is 0.821 bits per heavy atom. The van der Waals surface area contributed by atoms with E-state index in [-0.39, 0.29) is 11.1 Å². The molecule has 0 bridgehead atoms. The van der Waals surface area contributed by atoms with Crippen molar-refractivity contribution in [1.29, 1.82) is 0 Å². The third kappa shape index (κ3) is 7.24. The van der Waals surface area contributed by atoms with E-state index >= 15 is 0 Å². The lowest BCUT2D eigenvalue weighted by molar-refractivity contribution is 0.539. The summed E-state index contributed by atoms with van der Waals surface area (Å²) in [6.07, 6.45) is 5.72. The summed E-state index contributed by atoms with van der Waals surface area (Å²) in [5.41, 5.74) is 2.89. The van der Waals surface area contributed by atoms with Crippen LogP contribution in [0.25, 0.3) is 12.2 Å². The molecule has 2 atom stereocenters. The van der Waals surface area contributed by atoms with Gasteiger partial charge in [0.15, 0.2) is 0 Å². The van der Waals surface area contributed by atoms with Crippen molar-refractivity contribution in [1.82, 2.24) is 0 Å². The number of rotatable bonds is 8. The van der Waals surface area contributed by atoms with Crippen molar-refractivity contribution in [2.45, 2.75) is 24.3 Å². The van der Waals surface area contributed by atoms with Crippen LogP contribution < -0.4 is 0 Å². The molecule has 0 amide bonds. The fourth-order valence-electron chi connectivity index (χ4n) is 3.93. The Balaban J connectivity index is 1.76. The van der Waals surface area contributed by atoms with E-state index in [0.29, 0.717) is 24.3 Å². The third-order valence-electron chi connectivity index (χ3n) is 6.07. The van der Waals surface area contributed by atoms with Crippen LogP contribution in [0.5, 0.6) is 0 Å². The Kier molecular flexibility index (Phi) is 9.02. The van der Waals surface area contributed by atoms with Crippen LogP contribution in [-0.2, 0) is 0 Å². The molecule has 0 aliphatic heterocycles. The standard InChI is InChI=1S/C32H24F6S/c1-19-3-7-21(8-4-19)31(13-11-25-27(35)15-23(33)16-28(25)36)39-32(22-9-5-20(2)6-10-22)14-12-26-29(37)17-24(34)18-30(26)38/h3-18,31-32H,1-2H3/b13-11-,14-12?. The summed E-state index contributed by atoms with van der Waals surface area (Å²) in [6, 6.07) is 17.6. The molecule has 0 aliphatic carbocycles. The molecule has 200 valence electrons. The van der Waals surface area contributed by atoms with Crippen molar-refractivity contribution in [3.63, 3.8) is 0 Å². The van der Waals surface area contributed by atoms with Gasteiger partial charge in [0.05, 0.1) is 0 Å². The first kappa shape index (κ1) is 28.3. The van der Waals surface area contributed by atoms with E-state index < -0.39 is 45.4 Å². The zero-order valence-electron chi connectivity index (χ0n) is 21.1. The summed E-state index contributed by atoms with van der Waals surface area (Å²) in [6.45, 7) is 3.85. The Bertz CT molecular complexity index is 1350. The van der Waals surface area contributed by atoms with Crippen molar-refractivity contribution in [2.75, 3.05) is 0 Å². The first-order valence-electron chi connectivity index (χ1n) is 12.0. The van der Waals surface area contributed by atoms with Crippen LogP contribution in [-0.4, -0.2) is 0 Å². The molecule has 0 saturated carbocycles. The number of halogens is 6. The van der Waals surface area contributed by atoms with Gasteiger partial charge in [-0.1, -0.05) is 84.0 Å². The van der Waals surface area contributed by atoms with Crippen LogP contribution in [0, 0.1) is 48.8 Å². The largest absolute Gasteiger partial charge is 0.207 e. The minimum atomic E-state index is -1.03. The van der Waals surface area contributed by atoms with Gasteiger partial charge in [0.2, 0.25) is 0 Å². The van der Waals surface area contributed by atoms with E-state index in [1.165, 1.54) is 23.9 Å². The smallest absolute Gasteiger partial charge is 0.136 e. The second kappa shape index (κ2) is 12.4. The summed E-state index contributed by atoms with van der Waals surface area (Å²) >= 11 is 1.36. The lowest BCUT2D eigenvalue weighted by Crippen LogP contribution is -1.99. The first-order chi connectivity index (χ1) is 18.6. The summed E-state index contributed by atoms with van der Waals surface area (Å²) in [5.74, 6) is -6.17. The third-order valence-corrected chi connectivity index (χ3v) is 7.51. The van der Waals surface area contributed by atoms with Crippen molar-refractivity contribution in [3.05, 3.63) is 153 Å². The zero-order chi connectivity index (χ0) is 28.1. The van der Waals surface area contributed by atoms with Crippen LogP contribution in [0.4, 0.5) is 26.3 Å². The minimum absolute atomic E-state index is 0.382. The number of thioether (sulfide) groups is 1. The zero-order valence-corrected chi connectivity index (χ0v) is 21.9. The maximum atomic E-state index is 14.3. The maximum Gasteiger partial charge on any atom is 0.136 e. The summed E-state index contributed by atoms with van der Waals surface area (Å²) in [5, 5.41) is -0.929. The Morgan fingerprint density at radius 3 is 1.13 bits per heavy atom. The number of benzene rings is 4. The Morgan fingerprint density at radius 1 is 0.513 bits per heavy atom. The SMILES string of the molecule is Cc1ccc(C(C=Cc2c(F)cc(F)cc2F)SC(/C=C\c2c(F)cc(F)cc2F)c2ccc(C)cc2)cc1. The quantitative estimate of drug-likeness (QED) is 0.195. The highest BCUT2D eigenvalue weighted by molar-refractivity contribution is 8.00. The highest BCUT2D eigenvalue weighted by atomic mass is 32.2. The maximum absolute atomic E-state index is 14.3. The molecule has 4 rings (SSSR count). The molecule has 0 aliphatic rings. The molecule has 0 radical (unpaired) electrons. The molecule has 0 fully saturated rings. The van der Waals surface area contributed by atoms with Gasteiger partial charge in [-0.05, 0) is 25.0 Å². The van der Waals surface area contributed by atoms with E-state index in [2.05, 4.69) is 0 Å². The van der Waals surface area contributed by atoms with Crippen LogP contribution in [0.3, 0.4) is 0 Å². The van der Waals surface area contributed by atoms with Crippen LogP contribution in [0.1, 0.15) is 43.9 Å². The molecular formula is C32H24F6S. The van der Waals surface area contributed by atoms with Gasteiger partial charge in [0, 0.05) is 45.9 Å². The van der Waals surface area contributed by atoms with E-state index in [9.17, 15) is 26.3 Å². The van der Waals surface area contributed by atoms with Gasteiger partial charge >= 0.3 is 0 Å². The Hall–Kier alpha value is -3.71. The van der Waals surface area contributed by atoms with E-state index in [1.54, 1.807) is 12.2 Å². The predicted molar refractivity (Wildman–Crippen MR) is 146 cm³/mol. The fourth-order valence-corrected chi connectivity index (χ4v) is 5.22. The molecule has 0 saturated heterocycles. The number of hydrogen-bond acceptors (Lipinski definition) is 1. The number of hydrogen-bond donors (Lipinski definition) is 0. The average Bonchev–Trinajstić information content (AvgIpc) is 2.86. The molecule has 0 aromatic heterocycles. The lowest BCUT2D eigenvalue weighted by Gasteiger charge is -2.21. The number of aryl methyl sites for hydroxylation is 2. The molecule has 2 unspecified atom stereocenters. The van der Waals surface area contributed by atoms with Gasteiger partial charge < -0.3 is 0 Å². The van der Waals surface area contributed by atoms with Crippen LogP contribution in [0.15, 0.2) is 84.9 Å². The average molecular weight is 555 g/mol. The van der Waals surface area contributed by atoms with Gasteiger partial charge in [-0.25, -0.2) is 26.3 Å². The van der Waals surface area contributed by atoms with Gasteiger partial charge in [-0.3, -0.25) is 0 Å². The Labute approximate surface area is 227 Å². The second-order valence-corrected chi connectivity index (χ2v) is 10.4. The highest BCUT2D eigenvalue weighted by Gasteiger charge is 2.19. The highest BCUT2D eigenvalue weighted by Crippen LogP contribution is 2.43. The molecule has 0 spiro atoms. The van der Waals surface area contributed by atoms with Crippen molar-refractivity contribution in [3.8, 4) is 0 Å². The molecule has 39 heavy (non-hydrogen) atoms. The fraction of sp³-hybridized carbons (Fsp3) is 0.125. The molecular weight excluding hydrogens is 530 g/mol. The van der Waals surface area contributed by atoms with Crippen molar-refractivity contribution >= 4 is 23.9 Å². The monoisotopic (exact) mass is 554 g/mol. The van der Waals surface area contributed by atoms with Gasteiger partial charge in [0.25, 0.3) is 0 Å². The lowest BCUT2D eigenvalue weighted by atomic mass is 10.1. The molecule has 7 heteroatoms. The van der Waals surface area contributed by atoms with E-state index in [1.807, 2.05) is 62.4 Å². The van der Waals surface area contributed by atoms with E-state index in [0.717, 1.165) is 22.3 Å². The van der Waals surface area contributed by atoms with Crippen LogP contribution in [0.2, 0.25) is 0 Å². The topological polar surface area (TPSA) is 0 Å². The normalized spacial score (nSPS) is 13.3. The summed E-state index contributed by atoms with van der Waals surface area (Å²) in [4.78, 5) is 0. The summed E-state index contributed by atoms with van der Waals surface area (Å²) in [7, 11) is 0. The van der Waals surface area contributed by atoms with Crippen molar-refractivity contribution < 1.29 is 26.3 Å². The van der Waals surface area contributed by atoms with Crippen molar-refractivity contribution in [2.24, 2.45) is 0 Å². The molecule has 0 nitrogen and oxygen atoms in total. The van der Waals surface area contributed by atoms with E-state index in [4.69, 9.17) is 0 Å². The molecule has 4 aromatic rings.